The molecular weight excluding hydrogens is 360 g/mol. The normalized spacial score (nSPS) is 12.5. The fourth-order valence-corrected chi connectivity index (χ4v) is 3.12. The van der Waals surface area contributed by atoms with Gasteiger partial charge in [-0.15, -0.1) is 0 Å². The SMILES string of the molecule is Cc1c([C@H](C)NC(=O)c2cc(C(C)C)nc3c2c(=O)[nH]c(=O)n3C)cnn1C. The number of pyridine rings is 1. The van der Waals surface area contributed by atoms with Gasteiger partial charge in [0.05, 0.1) is 23.2 Å². The summed E-state index contributed by atoms with van der Waals surface area (Å²) in [6, 6.07) is 1.31. The van der Waals surface area contributed by atoms with Crippen LogP contribution in [0.3, 0.4) is 0 Å². The van der Waals surface area contributed by atoms with E-state index >= 15 is 0 Å². The summed E-state index contributed by atoms with van der Waals surface area (Å²) in [5, 5.41) is 7.22. The summed E-state index contributed by atoms with van der Waals surface area (Å²) in [6.45, 7) is 7.64. The summed E-state index contributed by atoms with van der Waals surface area (Å²) in [7, 11) is 3.35. The first-order valence-corrected chi connectivity index (χ1v) is 9.05. The van der Waals surface area contributed by atoms with Gasteiger partial charge in [-0.05, 0) is 25.8 Å². The summed E-state index contributed by atoms with van der Waals surface area (Å²) in [4.78, 5) is 44.2. The molecule has 3 aromatic heterocycles. The highest BCUT2D eigenvalue weighted by atomic mass is 16.2. The summed E-state index contributed by atoms with van der Waals surface area (Å²) in [5.41, 5.74) is 1.64. The van der Waals surface area contributed by atoms with Gasteiger partial charge < -0.3 is 5.32 Å². The number of aromatic amines is 1. The average molecular weight is 384 g/mol. The smallest absolute Gasteiger partial charge is 0.329 e. The molecule has 3 aromatic rings. The number of nitrogens with zero attached hydrogens (tertiary/aromatic N) is 4. The molecule has 1 atom stereocenters. The molecule has 9 heteroatoms. The van der Waals surface area contributed by atoms with Gasteiger partial charge in [0.2, 0.25) is 0 Å². The van der Waals surface area contributed by atoms with E-state index in [0.29, 0.717) is 5.69 Å². The fraction of sp³-hybridized carbons (Fsp3) is 0.421. The molecule has 0 radical (unpaired) electrons. The Morgan fingerprint density at radius 2 is 1.89 bits per heavy atom. The van der Waals surface area contributed by atoms with E-state index in [-0.39, 0.29) is 28.6 Å². The highest BCUT2D eigenvalue weighted by molar-refractivity contribution is 6.05. The lowest BCUT2D eigenvalue weighted by molar-refractivity contribution is 0.0941. The van der Waals surface area contributed by atoms with Crippen LogP contribution in [0.1, 0.15) is 60.0 Å². The van der Waals surface area contributed by atoms with Crippen LogP contribution in [-0.4, -0.2) is 30.2 Å². The third-order valence-corrected chi connectivity index (χ3v) is 5.01. The molecule has 1 amide bonds. The van der Waals surface area contributed by atoms with E-state index in [0.717, 1.165) is 11.3 Å². The molecule has 0 aliphatic rings. The lowest BCUT2D eigenvalue weighted by Gasteiger charge is -2.16. The van der Waals surface area contributed by atoms with Crippen LogP contribution < -0.4 is 16.6 Å². The van der Waals surface area contributed by atoms with Crippen LogP contribution in [0.2, 0.25) is 0 Å². The molecule has 28 heavy (non-hydrogen) atoms. The van der Waals surface area contributed by atoms with Crippen molar-refractivity contribution in [2.24, 2.45) is 14.1 Å². The van der Waals surface area contributed by atoms with Crippen molar-refractivity contribution in [3.8, 4) is 0 Å². The van der Waals surface area contributed by atoms with Crippen molar-refractivity contribution in [2.45, 2.75) is 39.7 Å². The summed E-state index contributed by atoms with van der Waals surface area (Å²) in [6.07, 6.45) is 1.71. The Morgan fingerprint density at radius 3 is 2.46 bits per heavy atom. The zero-order valence-corrected chi connectivity index (χ0v) is 16.8. The maximum atomic E-state index is 13.1. The number of H-pyrrole nitrogens is 1. The number of fused-ring (bicyclic) bond motifs is 1. The van der Waals surface area contributed by atoms with Gasteiger partial charge in [-0.1, -0.05) is 13.8 Å². The number of carbonyl (C=O) groups is 1. The van der Waals surface area contributed by atoms with Crippen LogP contribution in [0, 0.1) is 6.92 Å². The lowest BCUT2D eigenvalue weighted by Crippen LogP contribution is -2.33. The second-order valence-corrected chi connectivity index (χ2v) is 7.27. The number of aromatic nitrogens is 5. The molecule has 3 rings (SSSR count). The highest BCUT2D eigenvalue weighted by Crippen LogP contribution is 2.21. The van der Waals surface area contributed by atoms with Crippen LogP contribution in [0.5, 0.6) is 0 Å². The zero-order chi connectivity index (χ0) is 20.7. The van der Waals surface area contributed by atoms with Crippen LogP contribution in [0.15, 0.2) is 21.9 Å². The Bertz CT molecular complexity index is 1180. The van der Waals surface area contributed by atoms with Crippen LogP contribution in [0.25, 0.3) is 11.0 Å². The summed E-state index contributed by atoms with van der Waals surface area (Å²) >= 11 is 0. The van der Waals surface area contributed by atoms with E-state index in [4.69, 9.17) is 0 Å². The van der Waals surface area contributed by atoms with Crippen molar-refractivity contribution >= 4 is 16.9 Å². The Labute approximate surface area is 161 Å². The molecule has 0 saturated heterocycles. The molecule has 0 unspecified atom stereocenters. The lowest BCUT2D eigenvalue weighted by atomic mass is 10.0. The molecule has 3 heterocycles. The first-order chi connectivity index (χ1) is 13.1. The third kappa shape index (κ3) is 3.23. The van der Waals surface area contributed by atoms with Gasteiger partial charge in [-0.2, -0.15) is 5.10 Å². The van der Waals surface area contributed by atoms with Crippen molar-refractivity contribution in [2.75, 3.05) is 0 Å². The van der Waals surface area contributed by atoms with Crippen LogP contribution >= 0.6 is 0 Å². The van der Waals surface area contributed by atoms with Gasteiger partial charge in [-0.25, -0.2) is 9.78 Å². The van der Waals surface area contributed by atoms with E-state index in [1.165, 1.54) is 11.6 Å². The van der Waals surface area contributed by atoms with Crippen molar-refractivity contribution < 1.29 is 4.79 Å². The van der Waals surface area contributed by atoms with E-state index in [2.05, 4.69) is 20.4 Å². The summed E-state index contributed by atoms with van der Waals surface area (Å²) in [5.74, 6) is -0.391. The number of hydrogen-bond donors (Lipinski definition) is 2. The van der Waals surface area contributed by atoms with E-state index < -0.39 is 17.2 Å². The number of carbonyl (C=O) groups excluding carboxylic acids is 1. The topological polar surface area (TPSA) is 115 Å². The van der Waals surface area contributed by atoms with Crippen molar-refractivity contribution in [1.29, 1.82) is 0 Å². The molecule has 0 aliphatic carbocycles. The number of amides is 1. The second-order valence-electron chi connectivity index (χ2n) is 7.27. The van der Waals surface area contributed by atoms with Crippen molar-refractivity contribution in [1.82, 2.24) is 29.6 Å². The molecule has 9 nitrogen and oxygen atoms in total. The second kappa shape index (κ2) is 7.06. The maximum absolute atomic E-state index is 13.1. The minimum atomic E-state index is -0.628. The van der Waals surface area contributed by atoms with Crippen molar-refractivity contribution in [3.05, 3.63) is 55.6 Å². The fourth-order valence-electron chi connectivity index (χ4n) is 3.12. The van der Waals surface area contributed by atoms with Gasteiger partial charge in [-0.3, -0.25) is 23.8 Å². The van der Waals surface area contributed by atoms with Gasteiger partial charge in [0, 0.05) is 31.0 Å². The Kier molecular flexibility index (Phi) is 4.93. The Morgan fingerprint density at radius 1 is 1.21 bits per heavy atom. The Balaban J connectivity index is 2.14. The van der Waals surface area contributed by atoms with E-state index in [9.17, 15) is 14.4 Å². The average Bonchev–Trinajstić information content (AvgIpc) is 2.97. The first kappa shape index (κ1) is 19.5. The van der Waals surface area contributed by atoms with Gasteiger partial charge in [0.15, 0.2) is 0 Å². The van der Waals surface area contributed by atoms with Crippen LogP contribution in [0.4, 0.5) is 0 Å². The minimum Gasteiger partial charge on any atom is -0.345 e. The zero-order valence-electron chi connectivity index (χ0n) is 16.8. The minimum absolute atomic E-state index is 0.0170. The van der Waals surface area contributed by atoms with Gasteiger partial charge in [0.1, 0.15) is 5.65 Å². The maximum Gasteiger partial charge on any atom is 0.329 e. The van der Waals surface area contributed by atoms with Gasteiger partial charge in [0.25, 0.3) is 11.5 Å². The summed E-state index contributed by atoms with van der Waals surface area (Å²) < 4.78 is 2.98. The largest absolute Gasteiger partial charge is 0.345 e. The third-order valence-electron chi connectivity index (χ3n) is 5.01. The van der Waals surface area contributed by atoms with Gasteiger partial charge >= 0.3 is 5.69 Å². The van der Waals surface area contributed by atoms with E-state index in [1.54, 1.807) is 16.9 Å². The molecule has 0 aliphatic heterocycles. The molecule has 0 spiro atoms. The standard InChI is InChI=1S/C19H24N6O3/c1-9(2)14-7-12(15-16(22-14)24(5)19(28)23-18(15)27)17(26)21-10(3)13-8-20-25(6)11(13)4/h7-10H,1-6H3,(H,21,26)(H,23,27,28)/t10-/m0/s1. The molecule has 148 valence electrons. The molecule has 0 bridgehead atoms. The number of nitrogens with one attached hydrogen (secondary N) is 2. The monoisotopic (exact) mass is 384 g/mol. The Hall–Kier alpha value is -3.23. The number of hydrogen-bond acceptors (Lipinski definition) is 5. The quantitative estimate of drug-likeness (QED) is 0.703. The molecule has 0 fully saturated rings. The van der Waals surface area contributed by atoms with Crippen molar-refractivity contribution in [3.63, 3.8) is 0 Å². The van der Waals surface area contributed by atoms with E-state index in [1.807, 2.05) is 34.7 Å². The molecular formula is C19H24N6O3. The highest BCUT2D eigenvalue weighted by Gasteiger charge is 2.22. The number of rotatable bonds is 4. The van der Waals surface area contributed by atoms with Crippen LogP contribution in [-0.2, 0) is 14.1 Å². The molecule has 2 N–H and O–H groups in total. The number of aryl methyl sites for hydroxylation is 2. The predicted molar refractivity (Wildman–Crippen MR) is 106 cm³/mol. The predicted octanol–water partition coefficient (Wildman–Crippen LogP) is 1.28. The molecule has 0 aromatic carbocycles. The molecule has 0 saturated carbocycles. The first-order valence-electron chi connectivity index (χ1n) is 9.05.